The van der Waals surface area contributed by atoms with Crippen LogP contribution in [0, 0.1) is 12.7 Å². The van der Waals surface area contributed by atoms with Crippen molar-refractivity contribution in [3.05, 3.63) is 64.9 Å². The number of fused-ring (bicyclic) bond motifs is 1. The van der Waals surface area contributed by atoms with Gasteiger partial charge in [0.15, 0.2) is 0 Å². The van der Waals surface area contributed by atoms with Crippen LogP contribution in [-0.2, 0) is 17.7 Å². The second kappa shape index (κ2) is 10.5. The molecule has 0 aliphatic rings. The van der Waals surface area contributed by atoms with Crippen molar-refractivity contribution in [1.82, 2.24) is 20.0 Å². The first-order chi connectivity index (χ1) is 16.1. The number of nitrogens with zero attached hydrogens (tertiary/aromatic N) is 2. The first kappa shape index (κ1) is 25.0. The zero-order chi connectivity index (χ0) is 24.9. The summed E-state index contributed by atoms with van der Waals surface area (Å²) in [5, 5.41) is 8.49. The van der Waals surface area contributed by atoms with Gasteiger partial charge in [-0.25, -0.2) is 14.2 Å². The van der Waals surface area contributed by atoms with Crippen LogP contribution in [-0.4, -0.2) is 40.1 Å². The largest absolute Gasteiger partial charge is 0.444 e. The lowest BCUT2D eigenvalue weighted by molar-refractivity contribution is 0.0530. The molecule has 2 heterocycles. The molecule has 0 aliphatic carbocycles. The number of halogens is 1. The Morgan fingerprint density at radius 3 is 2.56 bits per heavy atom. The molecule has 0 aliphatic heterocycles. The number of benzene rings is 1. The highest BCUT2D eigenvalue weighted by Crippen LogP contribution is 2.17. The van der Waals surface area contributed by atoms with E-state index in [-0.39, 0.29) is 12.5 Å². The highest BCUT2D eigenvalue weighted by atomic mass is 19.1. The van der Waals surface area contributed by atoms with Gasteiger partial charge in [-0.15, -0.1) is 0 Å². The molecule has 3 N–H and O–H groups in total. The van der Waals surface area contributed by atoms with Crippen molar-refractivity contribution in [3.8, 4) is 0 Å². The number of carbonyl (C=O) groups is 2. The minimum atomic E-state index is -0.561. The maximum atomic E-state index is 14.6. The van der Waals surface area contributed by atoms with Crippen LogP contribution in [0.1, 0.15) is 55.0 Å². The van der Waals surface area contributed by atoms with Crippen molar-refractivity contribution in [2.75, 3.05) is 18.4 Å². The molecule has 0 unspecified atom stereocenters. The van der Waals surface area contributed by atoms with Crippen LogP contribution in [0.2, 0.25) is 0 Å². The third-order valence-electron chi connectivity index (χ3n) is 5.00. The Labute approximate surface area is 198 Å². The number of rotatable bonds is 8. The summed E-state index contributed by atoms with van der Waals surface area (Å²) in [7, 11) is 0. The lowest BCUT2D eigenvalue weighted by Gasteiger charge is -2.19. The molecule has 3 aromatic rings. The molecule has 8 nitrogen and oxygen atoms in total. The smallest absolute Gasteiger partial charge is 0.407 e. The van der Waals surface area contributed by atoms with Crippen LogP contribution in [0.25, 0.3) is 5.65 Å². The summed E-state index contributed by atoms with van der Waals surface area (Å²) in [4.78, 5) is 29.1. The number of carbonyl (C=O) groups excluding carboxylic acids is 2. The summed E-state index contributed by atoms with van der Waals surface area (Å²) in [6.07, 6.45) is 1.98. The standard InChI is InChI=1S/C25H32FN5O3/c1-6-20-22(31-15-16(2)7-10-21(31)30-20)23(32)29-14-17-8-9-18(13-19(17)26)27-11-12-28-24(33)34-25(3,4)5/h7-10,13,15,27H,6,11-12,14H2,1-5H3,(H,28,33)(H,29,32). The number of imidazole rings is 1. The predicted molar refractivity (Wildman–Crippen MR) is 130 cm³/mol. The first-order valence-corrected chi connectivity index (χ1v) is 11.3. The van der Waals surface area contributed by atoms with Crippen molar-refractivity contribution in [2.24, 2.45) is 0 Å². The second-order valence-electron chi connectivity index (χ2n) is 9.04. The molecular weight excluding hydrogens is 437 g/mol. The van der Waals surface area contributed by atoms with Gasteiger partial charge in [-0.1, -0.05) is 19.1 Å². The van der Waals surface area contributed by atoms with Gasteiger partial charge in [0, 0.05) is 37.1 Å². The van der Waals surface area contributed by atoms with Gasteiger partial charge < -0.3 is 20.7 Å². The van der Waals surface area contributed by atoms with E-state index in [9.17, 15) is 14.0 Å². The maximum Gasteiger partial charge on any atom is 0.407 e. The van der Waals surface area contributed by atoms with Crippen LogP contribution in [0.5, 0.6) is 0 Å². The fraction of sp³-hybridized carbons (Fsp3) is 0.400. The molecule has 3 rings (SSSR count). The van der Waals surface area contributed by atoms with Crippen LogP contribution >= 0.6 is 0 Å². The van der Waals surface area contributed by atoms with Gasteiger partial charge in [0.25, 0.3) is 5.91 Å². The molecule has 0 saturated heterocycles. The maximum absolute atomic E-state index is 14.6. The number of amides is 2. The average Bonchev–Trinajstić information content (AvgIpc) is 3.12. The lowest BCUT2D eigenvalue weighted by Crippen LogP contribution is -2.35. The number of aryl methyl sites for hydroxylation is 2. The average molecular weight is 470 g/mol. The van der Waals surface area contributed by atoms with Gasteiger partial charge in [0.1, 0.15) is 22.8 Å². The van der Waals surface area contributed by atoms with Gasteiger partial charge >= 0.3 is 6.09 Å². The van der Waals surface area contributed by atoms with E-state index in [0.717, 1.165) is 5.56 Å². The van der Waals surface area contributed by atoms with E-state index in [1.165, 1.54) is 6.07 Å². The normalized spacial score (nSPS) is 11.4. The number of hydrogen-bond donors (Lipinski definition) is 3. The lowest BCUT2D eigenvalue weighted by atomic mass is 10.1. The number of alkyl carbamates (subject to hydrolysis) is 1. The molecule has 1 aromatic carbocycles. The Balaban J connectivity index is 1.56. The summed E-state index contributed by atoms with van der Waals surface area (Å²) in [6.45, 7) is 10.0. The molecule has 0 fully saturated rings. The Morgan fingerprint density at radius 2 is 1.88 bits per heavy atom. The third kappa shape index (κ3) is 6.46. The highest BCUT2D eigenvalue weighted by Gasteiger charge is 2.19. The zero-order valence-corrected chi connectivity index (χ0v) is 20.3. The molecule has 0 bridgehead atoms. The molecule has 0 saturated carbocycles. The van der Waals surface area contributed by atoms with E-state index < -0.39 is 17.5 Å². The minimum Gasteiger partial charge on any atom is -0.444 e. The Morgan fingerprint density at radius 1 is 1.12 bits per heavy atom. The van der Waals surface area contributed by atoms with Crippen molar-refractivity contribution in [1.29, 1.82) is 0 Å². The molecule has 9 heteroatoms. The number of pyridine rings is 1. The Hall–Kier alpha value is -3.62. The Bertz CT molecular complexity index is 1180. The Kier molecular flexibility index (Phi) is 7.75. The van der Waals surface area contributed by atoms with Gasteiger partial charge in [-0.05, 0) is 57.9 Å². The van der Waals surface area contributed by atoms with E-state index in [2.05, 4.69) is 20.9 Å². The van der Waals surface area contributed by atoms with Crippen molar-refractivity contribution < 1.29 is 18.7 Å². The summed E-state index contributed by atoms with van der Waals surface area (Å²) >= 11 is 0. The van der Waals surface area contributed by atoms with Gasteiger partial charge in [0.05, 0.1) is 5.69 Å². The highest BCUT2D eigenvalue weighted by molar-refractivity contribution is 5.94. The number of ether oxygens (including phenoxy) is 1. The van der Waals surface area contributed by atoms with E-state index in [1.54, 1.807) is 37.3 Å². The fourth-order valence-corrected chi connectivity index (χ4v) is 3.43. The van der Waals surface area contributed by atoms with Gasteiger partial charge in [-0.3, -0.25) is 9.20 Å². The number of nitrogens with one attached hydrogen (secondary N) is 3. The topological polar surface area (TPSA) is 96.8 Å². The summed E-state index contributed by atoms with van der Waals surface area (Å²) in [5.41, 5.74) is 3.26. The zero-order valence-electron chi connectivity index (χ0n) is 20.3. The van der Waals surface area contributed by atoms with Crippen molar-refractivity contribution >= 4 is 23.3 Å². The number of aromatic nitrogens is 2. The number of hydrogen-bond acceptors (Lipinski definition) is 5. The predicted octanol–water partition coefficient (Wildman–Crippen LogP) is 4.21. The summed E-state index contributed by atoms with van der Waals surface area (Å²) in [5.74, 6) is -0.736. The van der Waals surface area contributed by atoms with E-state index in [0.29, 0.717) is 47.8 Å². The molecule has 0 spiro atoms. The van der Waals surface area contributed by atoms with Gasteiger partial charge in [-0.2, -0.15) is 0 Å². The van der Waals surface area contributed by atoms with Crippen molar-refractivity contribution in [2.45, 2.75) is 53.2 Å². The molecule has 2 amide bonds. The fourth-order valence-electron chi connectivity index (χ4n) is 3.43. The van der Waals surface area contributed by atoms with E-state index in [4.69, 9.17) is 4.74 Å². The molecular formula is C25H32FN5O3. The monoisotopic (exact) mass is 469 g/mol. The molecule has 0 radical (unpaired) electrons. The molecule has 182 valence electrons. The summed E-state index contributed by atoms with van der Waals surface area (Å²) < 4.78 is 21.6. The van der Waals surface area contributed by atoms with E-state index in [1.807, 2.05) is 32.2 Å². The quantitative estimate of drug-likeness (QED) is 0.430. The van der Waals surface area contributed by atoms with Gasteiger partial charge in [0.2, 0.25) is 0 Å². The second-order valence-corrected chi connectivity index (χ2v) is 9.04. The van der Waals surface area contributed by atoms with Crippen LogP contribution in [0.15, 0.2) is 36.5 Å². The summed E-state index contributed by atoms with van der Waals surface area (Å²) in [6, 6.07) is 8.54. The van der Waals surface area contributed by atoms with E-state index >= 15 is 0 Å². The molecule has 2 aromatic heterocycles. The third-order valence-corrected chi connectivity index (χ3v) is 5.00. The molecule has 0 atom stereocenters. The SMILES string of the molecule is CCc1nc2ccc(C)cn2c1C(=O)NCc1ccc(NCCNC(=O)OC(C)(C)C)cc1F. The van der Waals surface area contributed by atoms with Crippen LogP contribution in [0.4, 0.5) is 14.9 Å². The van der Waals surface area contributed by atoms with Crippen LogP contribution < -0.4 is 16.0 Å². The first-order valence-electron chi connectivity index (χ1n) is 11.3. The minimum absolute atomic E-state index is 0.0490. The number of anilines is 1. The van der Waals surface area contributed by atoms with Crippen LogP contribution in [0.3, 0.4) is 0 Å². The van der Waals surface area contributed by atoms with Crippen molar-refractivity contribution in [3.63, 3.8) is 0 Å². The molecule has 34 heavy (non-hydrogen) atoms.